The highest BCUT2D eigenvalue weighted by molar-refractivity contribution is 7.14. The third kappa shape index (κ3) is 5.77. The monoisotopic (exact) mass is 537 g/mol. The molecule has 2 aromatic heterocycles. The number of hydrogen-bond acceptors (Lipinski definition) is 9. The number of primary amides is 1. The van der Waals surface area contributed by atoms with Crippen molar-refractivity contribution in [1.82, 2.24) is 14.9 Å². The fraction of sp³-hybridized carbons (Fsp3) is 0.348. The number of benzene rings is 1. The van der Waals surface area contributed by atoms with Crippen molar-refractivity contribution >= 4 is 57.0 Å². The third-order valence-electron chi connectivity index (χ3n) is 5.94. The molecule has 0 unspecified atom stereocenters. The van der Waals surface area contributed by atoms with Crippen molar-refractivity contribution < 1.29 is 18.3 Å². The first-order chi connectivity index (χ1) is 17.1. The van der Waals surface area contributed by atoms with Crippen LogP contribution in [0.4, 0.5) is 36.9 Å². The van der Waals surface area contributed by atoms with Crippen molar-refractivity contribution in [1.29, 1.82) is 0 Å². The summed E-state index contributed by atoms with van der Waals surface area (Å²) in [5, 5.41) is 8.26. The zero-order valence-electron chi connectivity index (χ0n) is 19.8. The lowest BCUT2D eigenvalue weighted by Gasteiger charge is -2.23. The van der Waals surface area contributed by atoms with E-state index in [1.54, 1.807) is 23.6 Å². The Morgan fingerprint density at radius 3 is 2.75 bits per heavy atom. The maximum absolute atomic E-state index is 13.2. The van der Waals surface area contributed by atoms with Crippen LogP contribution in [0.1, 0.15) is 17.3 Å². The highest BCUT2D eigenvalue weighted by Gasteiger charge is 2.31. The topological polar surface area (TPSA) is 109 Å². The SMILES string of the molecule is C[C@@H]1CN(c2ccc(Nc3ncc(Cl)c(Nc4sccc4C(N)=O)n3)c(OC(F)F)c2)C[C@@H]1N(C)C. The Hall–Kier alpha value is -3.22. The number of amides is 1. The van der Waals surface area contributed by atoms with Crippen molar-refractivity contribution in [3.8, 4) is 5.75 Å². The van der Waals surface area contributed by atoms with Gasteiger partial charge in [0.05, 0.1) is 17.4 Å². The lowest BCUT2D eigenvalue weighted by Crippen LogP contribution is -2.34. The summed E-state index contributed by atoms with van der Waals surface area (Å²) >= 11 is 7.48. The normalized spacial score (nSPS) is 17.6. The molecular weight excluding hydrogens is 512 g/mol. The van der Waals surface area contributed by atoms with E-state index in [0.29, 0.717) is 22.5 Å². The summed E-state index contributed by atoms with van der Waals surface area (Å²) in [6.07, 6.45) is 1.35. The van der Waals surface area contributed by atoms with Crippen LogP contribution >= 0.6 is 22.9 Å². The summed E-state index contributed by atoms with van der Waals surface area (Å²) in [6.45, 7) is 0.737. The van der Waals surface area contributed by atoms with E-state index in [0.717, 1.165) is 18.8 Å². The molecule has 36 heavy (non-hydrogen) atoms. The molecule has 1 aromatic carbocycles. The van der Waals surface area contributed by atoms with Gasteiger partial charge < -0.3 is 30.9 Å². The number of carbonyl (C=O) groups excluding carboxylic acids is 1. The highest BCUT2D eigenvalue weighted by atomic mass is 35.5. The Labute approximate surface area is 216 Å². The molecule has 13 heteroatoms. The molecule has 1 saturated heterocycles. The van der Waals surface area contributed by atoms with Gasteiger partial charge in [-0.25, -0.2) is 4.98 Å². The van der Waals surface area contributed by atoms with Crippen molar-refractivity contribution in [3.63, 3.8) is 0 Å². The van der Waals surface area contributed by atoms with E-state index in [4.69, 9.17) is 22.1 Å². The van der Waals surface area contributed by atoms with Gasteiger partial charge in [-0.3, -0.25) is 4.79 Å². The van der Waals surface area contributed by atoms with Crippen LogP contribution < -0.4 is 26.0 Å². The van der Waals surface area contributed by atoms with Crippen molar-refractivity contribution in [2.75, 3.05) is 42.7 Å². The number of carbonyl (C=O) groups is 1. The number of ether oxygens (including phenoxy) is 1. The van der Waals surface area contributed by atoms with Gasteiger partial charge in [-0.2, -0.15) is 13.8 Å². The molecular formula is C23H26ClF2N7O2S. The summed E-state index contributed by atoms with van der Waals surface area (Å²) in [6, 6.07) is 7.01. The second kappa shape index (κ2) is 10.8. The fourth-order valence-electron chi connectivity index (χ4n) is 4.18. The molecule has 0 bridgehead atoms. The van der Waals surface area contributed by atoms with Crippen LogP contribution in [0.15, 0.2) is 35.8 Å². The number of nitrogens with zero attached hydrogens (tertiary/aromatic N) is 4. The lowest BCUT2D eigenvalue weighted by molar-refractivity contribution is -0.0493. The number of thiophene rings is 1. The molecule has 1 aliphatic rings. The van der Waals surface area contributed by atoms with Crippen molar-refractivity contribution in [2.45, 2.75) is 19.6 Å². The molecule has 0 aliphatic carbocycles. The molecule has 3 aromatic rings. The number of likely N-dealkylation sites (N-methyl/N-ethyl adjacent to an activating group) is 1. The van der Waals surface area contributed by atoms with Gasteiger partial charge in [0, 0.05) is 30.9 Å². The smallest absolute Gasteiger partial charge is 0.387 e. The van der Waals surface area contributed by atoms with Crippen molar-refractivity contribution in [2.24, 2.45) is 11.7 Å². The maximum Gasteiger partial charge on any atom is 0.387 e. The summed E-state index contributed by atoms with van der Waals surface area (Å²) in [7, 11) is 4.07. The average Bonchev–Trinajstić information content (AvgIpc) is 3.43. The van der Waals surface area contributed by atoms with Crippen LogP contribution in [0.5, 0.6) is 5.75 Å². The largest absolute Gasteiger partial charge is 0.433 e. The van der Waals surface area contributed by atoms with Gasteiger partial charge >= 0.3 is 6.61 Å². The zero-order chi connectivity index (χ0) is 26.0. The number of hydrogen-bond donors (Lipinski definition) is 3. The molecule has 1 amide bonds. The van der Waals surface area contributed by atoms with Gasteiger partial charge in [0.25, 0.3) is 5.91 Å². The van der Waals surface area contributed by atoms with Crippen LogP contribution in [0.2, 0.25) is 5.02 Å². The first-order valence-corrected chi connectivity index (χ1v) is 12.3. The van der Waals surface area contributed by atoms with Gasteiger partial charge in [-0.15, -0.1) is 11.3 Å². The van der Waals surface area contributed by atoms with Gasteiger partial charge in [-0.1, -0.05) is 18.5 Å². The lowest BCUT2D eigenvalue weighted by atomic mass is 10.1. The standard InChI is InChI=1S/C23H26ClF2N7O2S/c1-12-10-33(11-17(12)32(2)3)13-4-5-16(18(8-13)35-22(25)26)29-23-28-9-15(24)20(31-23)30-21-14(19(27)34)6-7-36-21/h4-9,12,17,22H,10-11H2,1-3H3,(H2,27,34)(H2,28,29,30,31)/t12-,17+/m1/s1. The minimum absolute atomic E-state index is 0.0363. The Morgan fingerprint density at radius 1 is 1.31 bits per heavy atom. The van der Waals surface area contributed by atoms with E-state index in [1.807, 2.05) is 20.2 Å². The van der Waals surface area contributed by atoms with E-state index in [-0.39, 0.29) is 28.2 Å². The number of nitrogens with two attached hydrogens (primary N) is 1. The van der Waals surface area contributed by atoms with E-state index < -0.39 is 12.5 Å². The Morgan fingerprint density at radius 2 is 2.08 bits per heavy atom. The van der Waals surface area contributed by atoms with E-state index >= 15 is 0 Å². The molecule has 4 N–H and O–H groups in total. The number of nitrogens with one attached hydrogen (secondary N) is 2. The fourth-order valence-corrected chi connectivity index (χ4v) is 5.11. The van der Waals surface area contributed by atoms with Crippen LogP contribution in [0.3, 0.4) is 0 Å². The molecule has 192 valence electrons. The first kappa shape index (κ1) is 25.9. The summed E-state index contributed by atoms with van der Waals surface area (Å²) in [5.74, 6) is 0.0941. The number of aromatic nitrogens is 2. The molecule has 1 aliphatic heterocycles. The number of alkyl halides is 2. The molecule has 2 atom stereocenters. The number of anilines is 5. The van der Waals surface area contributed by atoms with E-state index in [9.17, 15) is 13.6 Å². The summed E-state index contributed by atoms with van der Waals surface area (Å²) in [5.41, 5.74) is 6.73. The molecule has 3 heterocycles. The second-order valence-electron chi connectivity index (χ2n) is 8.64. The maximum atomic E-state index is 13.2. The Balaban J connectivity index is 1.58. The second-order valence-corrected chi connectivity index (χ2v) is 9.96. The van der Waals surface area contributed by atoms with Gasteiger partial charge in [-0.05, 0) is 43.6 Å². The predicted molar refractivity (Wildman–Crippen MR) is 138 cm³/mol. The van der Waals surface area contributed by atoms with Gasteiger partial charge in [0.1, 0.15) is 10.0 Å². The van der Waals surface area contributed by atoms with Crippen molar-refractivity contribution in [3.05, 3.63) is 46.4 Å². The Kier molecular flexibility index (Phi) is 7.76. The molecule has 4 rings (SSSR count). The highest BCUT2D eigenvalue weighted by Crippen LogP contribution is 2.36. The van der Waals surface area contributed by atoms with E-state index in [1.165, 1.54) is 17.5 Å². The predicted octanol–water partition coefficient (Wildman–Crippen LogP) is 4.77. The van der Waals surface area contributed by atoms with Crippen LogP contribution in [-0.4, -0.2) is 60.6 Å². The molecule has 0 saturated carbocycles. The number of rotatable bonds is 9. The Bertz CT molecular complexity index is 1240. The van der Waals surface area contributed by atoms with Gasteiger partial charge in [0.2, 0.25) is 5.95 Å². The summed E-state index contributed by atoms with van der Waals surface area (Å²) < 4.78 is 31.3. The quantitative estimate of drug-likeness (QED) is 0.358. The average molecular weight is 538 g/mol. The zero-order valence-corrected chi connectivity index (χ0v) is 21.4. The molecule has 9 nitrogen and oxygen atoms in total. The third-order valence-corrected chi connectivity index (χ3v) is 7.04. The first-order valence-electron chi connectivity index (χ1n) is 11.1. The minimum atomic E-state index is -3.01. The molecule has 0 spiro atoms. The minimum Gasteiger partial charge on any atom is -0.433 e. The number of halogens is 3. The van der Waals surface area contributed by atoms with Gasteiger partial charge in [0.15, 0.2) is 11.6 Å². The van der Waals surface area contributed by atoms with Crippen LogP contribution in [-0.2, 0) is 0 Å². The van der Waals surface area contributed by atoms with E-state index in [2.05, 4.69) is 37.3 Å². The molecule has 0 radical (unpaired) electrons. The summed E-state index contributed by atoms with van der Waals surface area (Å²) in [4.78, 5) is 24.4. The van der Waals surface area contributed by atoms with Crippen LogP contribution in [0, 0.1) is 5.92 Å². The van der Waals surface area contributed by atoms with Crippen LogP contribution in [0.25, 0.3) is 0 Å². The molecule has 1 fully saturated rings.